The smallest absolute Gasteiger partial charge is 0.0717 e. The van der Waals surface area contributed by atoms with Gasteiger partial charge < -0.3 is 11.2 Å². The van der Waals surface area contributed by atoms with Crippen molar-refractivity contribution in [1.29, 1.82) is 0 Å². The maximum atomic E-state index is 5.60. The Hall–Kier alpha value is -1.22. The third-order valence-corrected chi connectivity index (χ3v) is 1.22. The van der Waals surface area contributed by atoms with Crippen molar-refractivity contribution in [1.82, 2.24) is 5.43 Å². The van der Waals surface area contributed by atoms with Gasteiger partial charge in [0.25, 0.3) is 0 Å². The lowest BCUT2D eigenvalue weighted by Gasteiger charge is -2.05. The van der Waals surface area contributed by atoms with Gasteiger partial charge in [-0.3, -0.25) is 0 Å². The van der Waals surface area contributed by atoms with Crippen molar-refractivity contribution in [3.05, 3.63) is 24.3 Å². The first-order valence-corrected chi connectivity index (χ1v) is 3.12. The maximum absolute atomic E-state index is 5.60. The van der Waals surface area contributed by atoms with Crippen LogP contribution in [0.1, 0.15) is 0 Å². The molecule has 54 valence electrons. The number of anilines is 2. The van der Waals surface area contributed by atoms with Gasteiger partial charge in [-0.25, -0.2) is 5.43 Å². The van der Waals surface area contributed by atoms with Crippen LogP contribution in [0.2, 0.25) is 0 Å². The van der Waals surface area contributed by atoms with E-state index in [4.69, 9.17) is 5.73 Å². The SMILES string of the molecule is CNNc1ccccc1N. The Morgan fingerprint density at radius 2 is 2.00 bits per heavy atom. The molecular weight excluding hydrogens is 126 g/mol. The van der Waals surface area contributed by atoms with E-state index in [1.165, 1.54) is 0 Å². The van der Waals surface area contributed by atoms with Crippen LogP contribution in [0.4, 0.5) is 11.4 Å². The van der Waals surface area contributed by atoms with Crippen LogP contribution in [-0.4, -0.2) is 7.05 Å². The van der Waals surface area contributed by atoms with Crippen LogP contribution in [0.15, 0.2) is 24.3 Å². The summed E-state index contributed by atoms with van der Waals surface area (Å²) in [5.74, 6) is 0. The first kappa shape index (κ1) is 6.89. The molecule has 0 aliphatic carbocycles. The second kappa shape index (κ2) is 3.08. The molecule has 0 fully saturated rings. The van der Waals surface area contributed by atoms with E-state index in [1.807, 2.05) is 24.3 Å². The van der Waals surface area contributed by atoms with E-state index in [1.54, 1.807) is 7.05 Å². The lowest BCUT2D eigenvalue weighted by atomic mass is 10.3. The number of nitrogen functional groups attached to an aromatic ring is 1. The second-order valence-electron chi connectivity index (χ2n) is 1.96. The minimum atomic E-state index is 0.747. The first-order chi connectivity index (χ1) is 4.84. The molecule has 3 nitrogen and oxygen atoms in total. The Balaban J connectivity index is 2.81. The quantitative estimate of drug-likeness (QED) is 0.417. The zero-order valence-corrected chi connectivity index (χ0v) is 5.89. The standard InChI is InChI=1S/C7H11N3/c1-9-10-7-5-3-2-4-6(7)8/h2-5,9-10H,8H2,1H3. The largest absolute Gasteiger partial charge is 0.397 e. The summed E-state index contributed by atoms with van der Waals surface area (Å²) >= 11 is 0. The van der Waals surface area contributed by atoms with Crippen molar-refractivity contribution in [2.24, 2.45) is 0 Å². The van der Waals surface area contributed by atoms with E-state index >= 15 is 0 Å². The molecule has 3 heteroatoms. The van der Waals surface area contributed by atoms with Crippen molar-refractivity contribution in [3.63, 3.8) is 0 Å². The molecule has 0 spiro atoms. The normalized spacial score (nSPS) is 9.30. The molecule has 0 aromatic heterocycles. The predicted molar refractivity (Wildman–Crippen MR) is 43.5 cm³/mol. The third kappa shape index (κ3) is 1.39. The third-order valence-electron chi connectivity index (χ3n) is 1.22. The molecule has 0 aliphatic heterocycles. The highest BCUT2D eigenvalue weighted by molar-refractivity contribution is 5.64. The van der Waals surface area contributed by atoms with Gasteiger partial charge in [-0.15, -0.1) is 0 Å². The summed E-state index contributed by atoms with van der Waals surface area (Å²) in [5, 5.41) is 0. The molecule has 0 amide bonds. The Morgan fingerprint density at radius 3 is 2.60 bits per heavy atom. The van der Waals surface area contributed by atoms with Crippen LogP contribution in [0.3, 0.4) is 0 Å². The zero-order chi connectivity index (χ0) is 7.40. The number of hydrogen-bond acceptors (Lipinski definition) is 3. The average molecular weight is 137 g/mol. The summed E-state index contributed by atoms with van der Waals surface area (Å²) in [6, 6.07) is 7.58. The first-order valence-electron chi connectivity index (χ1n) is 3.12. The summed E-state index contributed by atoms with van der Waals surface area (Å²) < 4.78 is 0. The predicted octanol–water partition coefficient (Wildman–Crippen LogP) is 0.815. The zero-order valence-electron chi connectivity index (χ0n) is 5.89. The highest BCUT2D eigenvalue weighted by Crippen LogP contribution is 2.14. The van der Waals surface area contributed by atoms with E-state index < -0.39 is 0 Å². The van der Waals surface area contributed by atoms with Crippen LogP contribution >= 0.6 is 0 Å². The summed E-state index contributed by atoms with van der Waals surface area (Å²) in [4.78, 5) is 0. The van der Waals surface area contributed by atoms with Gasteiger partial charge in [0.05, 0.1) is 11.4 Å². The van der Waals surface area contributed by atoms with Crippen molar-refractivity contribution >= 4 is 11.4 Å². The van der Waals surface area contributed by atoms with Crippen LogP contribution in [0.25, 0.3) is 0 Å². The van der Waals surface area contributed by atoms with Gasteiger partial charge in [-0.05, 0) is 12.1 Å². The average Bonchev–Trinajstić information content (AvgIpc) is 1.94. The Morgan fingerprint density at radius 1 is 1.30 bits per heavy atom. The molecule has 0 saturated carbocycles. The summed E-state index contributed by atoms with van der Waals surface area (Å²) in [7, 11) is 1.80. The number of rotatable bonds is 2. The molecule has 0 bridgehead atoms. The van der Waals surface area contributed by atoms with Gasteiger partial charge in [0.2, 0.25) is 0 Å². The fourth-order valence-electron chi connectivity index (χ4n) is 0.746. The summed E-state index contributed by atoms with van der Waals surface area (Å²) in [5.41, 5.74) is 13.0. The van der Waals surface area contributed by atoms with Crippen LogP contribution < -0.4 is 16.6 Å². The fourth-order valence-corrected chi connectivity index (χ4v) is 0.746. The monoisotopic (exact) mass is 137 g/mol. The molecule has 1 rings (SSSR count). The molecule has 0 radical (unpaired) electrons. The number of benzene rings is 1. The fraction of sp³-hybridized carbons (Fsp3) is 0.143. The minimum absolute atomic E-state index is 0.747. The molecule has 10 heavy (non-hydrogen) atoms. The summed E-state index contributed by atoms with van der Waals surface area (Å²) in [6.45, 7) is 0. The Labute approximate surface area is 60.2 Å². The topological polar surface area (TPSA) is 50.1 Å². The van der Waals surface area contributed by atoms with Gasteiger partial charge in [0.1, 0.15) is 0 Å². The lowest BCUT2D eigenvalue weighted by Crippen LogP contribution is -2.15. The lowest BCUT2D eigenvalue weighted by molar-refractivity contribution is 0.985. The van der Waals surface area contributed by atoms with Gasteiger partial charge in [-0.2, -0.15) is 0 Å². The number of nitrogens with two attached hydrogens (primary N) is 1. The van der Waals surface area contributed by atoms with E-state index in [0.29, 0.717) is 0 Å². The Bertz CT molecular complexity index is 210. The van der Waals surface area contributed by atoms with Crippen LogP contribution in [0.5, 0.6) is 0 Å². The summed E-state index contributed by atoms with van der Waals surface area (Å²) in [6.07, 6.45) is 0. The highest BCUT2D eigenvalue weighted by Gasteiger charge is 1.91. The molecule has 0 aliphatic rings. The van der Waals surface area contributed by atoms with E-state index in [0.717, 1.165) is 11.4 Å². The van der Waals surface area contributed by atoms with E-state index in [2.05, 4.69) is 10.9 Å². The molecule has 0 heterocycles. The van der Waals surface area contributed by atoms with Gasteiger partial charge in [0, 0.05) is 7.05 Å². The number of para-hydroxylation sites is 2. The number of nitrogens with one attached hydrogen (secondary N) is 2. The number of hydrazine groups is 1. The molecular formula is C7H11N3. The molecule has 4 N–H and O–H groups in total. The van der Waals surface area contributed by atoms with Crippen LogP contribution in [0, 0.1) is 0 Å². The van der Waals surface area contributed by atoms with E-state index in [9.17, 15) is 0 Å². The van der Waals surface area contributed by atoms with Crippen molar-refractivity contribution < 1.29 is 0 Å². The van der Waals surface area contributed by atoms with E-state index in [-0.39, 0.29) is 0 Å². The highest BCUT2D eigenvalue weighted by atomic mass is 15.3. The maximum Gasteiger partial charge on any atom is 0.0717 e. The van der Waals surface area contributed by atoms with Gasteiger partial charge in [-0.1, -0.05) is 12.1 Å². The molecule has 1 aromatic carbocycles. The second-order valence-corrected chi connectivity index (χ2v) is 1.96. The van der Waals surface area contributed by atoms with Gasteiger partial charge in [0.15, 0.2) is 0 Å². The van der Waals surface area contributed by atoms with Crippen molar-refractivity contribution in [2.75, 3.05) is 18.2 Å². The molecule has 0 saturated heterocycles. The minimum Gasteiger partial charge on any atom is -0.397 e. The van der Waals surface area contributed by atoms with Crippen molar-refractivity contribution in [2.45, 2.75) is 0 Å². The van der Waals surface area contributed by atoms with Crippen LogP contribution in [-0.2, 0) is 0 Å². The Kier molecular flexibility index (Phi) is 2.12. The number of hydrogen-bond donors (Lipinski definition) is 3. The molecule has 0 atom stereocenters. The van der Waals surface area contributed by atoms with Crippen molar-refractivity contribution in [3.8, 4) is 0 Å². The van der Waals surface area contributed by atoms with Gasteiger partial charge >= 0.3 is 0 Å². The molecule has 1 aromatic rings. The molecule has 0 unspecified atom stereocenters.